The van der Waals surface area contributed by atoms with Crippen LogP contribution in [0.3, 0.4) is 0 Å². The van der Waals surface area contributed by atoms with Gasteiger partial charge in [0.05, 0.1) is 23.2 Å². The first-order valence-corrected chi connectivity index (χ1v) is 11.1. The van der Waals surface area contributed by atoms with Crippen LogP contribution in [-0.2, 0) is 0 Å². The van der Waals surface area contributed by atoms with E-state index >= 15 is 0 Å². The lowest BCUT2D eigenvalue weighted by molar-refractivity contribution is 0.0952. The number of rotatable bonds is 5. The Kier molecular flexibility index (Phi) is 6.61. The van der Waals surface area contributed by atoms with Crippen LogP contribution >= 0.6 is 12.2 Å². The molecule has 4 aromatic rings. The van der Waals surface area contributed by atoms with Gasteiger partial charge in [0, 0.05) is 0 Å². The van der Waals surface area contributed by atoms with Crippen molar-refractivity contribution >= 4 is 24.3 Å². The number of phenols is 1. The summed E-state index contributed by atoms with van der Waals surface area (Å²) in [6.07, 6.45) is 1.06. The van der Waals surface area contributed by atoms with E-state index in [-0.39, 0.29) is 21.6 Å². The molecule has 0 radical (unpaired) electrons. The summed E-state index contributed by atoms with van der Waals surface area (Å²) in [5.41, 5.74) is 4.28. The smallest absolute Gasteiger partial charge is 0.275 e. The summed E-state index contributed by atoms with van der Waals surface area (Å²) in [7, 11) is 0. The van der Waals surface area contributed by atoms with Crippen molar-refractivity contribution in [2.75, 3.05) is 0 Å². The first kappa shape index (κ1) is 23.7. The predicted octanol–water partition coefficient (Wildman–Crippen LogP) is 4.15. The van der Waals surface area contributed by atoms with Gasteiger partial charge in [0.25, 0.3) is 11.5 Å². The molecule has 9 heteroatoms. The Morgan fingerprint density at radius 3 is 2.03 bits per heavy atom. The highest BCUT2D eigenvalue weighted by atomic mass is 32.1. The first-order chi connectivity index (χ1) is 16.8. The third-order valence-corrected chi connectivity index (χ3v) is 5.86. The number of aromatic nitrogens is 2. The maximum absolute atomic E-state index is 13.5. The van der Waals surface area contributed by atoms with Crippen LogP contribution in [-0.4, -0.2) is 31.5 Å². The van der Waals surface area contributed by atoms with E-state index in [9.17, 15) is 19.8 Å². The lowest BCUT2D eigenvalue weighted by Crippen LogP contribution is -2.28. The standard InChI is InChI=1S/C26H22N4O4S/c1-16-9-3-6-12-20(16)29-24(33)19(15-27-28-23(32)18-11-5-8-14-22(18)31)25(34)30(26(29)35)21-13-7-4-10-17(21)2/h3-15,31,33H,1-2H3,(H,28,32). The number of benzene rings is 3. The van der Waals surface area contributed by atoms with Crippen molar-refractivity contribution in [3.05, 3.63) is 110 Å². The number of hydrogen-bond acceptors (Lipinski definition) is 6. The van der Waals surface area contributed by atoms with Gasteiger partial charge in [0.15, 0.2) is 4.77 Å². The van der Waals surface area contributed by atoms with Gasteiger partial charge >= 0.3 is 0 Å². The van der Waals surface area contributed by atoms with E-state index in [0.717, 1.165) is 17.3 Å². The van der Waals surface area contributed by atoms with Gasteiger partial charge in [0.1, 0.15) is 11.3 Å². The number of aryl methyl sites for hydroxylation is 2. The molecule has 0 aliphatic rings. The molecule has 0 bridgehead atoms. The van der Waals surface area contributed by atoms with Crippen LogP contribution in [0.5, 0.6) is 11.6 Å². The zero-order valence-corrected chi connectivity index (χ0v) is 19.8. The highest BCUT2D eigenvalue weighted by Crippen LogP contribution is 2.24. The molecule has 1 heterocycles. The molecule has 4 rings (SSSR count). The maximum Gasteiger partial charge on any atom is 0.275 e. The normalized spacial score (nSPS) is 11.0. The summed E-state index contributed by atoms with van der Waals surface area (Å²) in [6.45, 7) is 3.71. The lowest BCUT2D eigenvalue weighted by atomic mass is 10.2. The molecule has 35 heavy (non-hydrogen) atoms. The predicted molar refractivity (Wildman–Crippen MR) is 137 cm³/mol. The number of hydrazone groups is 1. The number of carbonyl (C=O) groups excluding carboxylic acids is 1. The Labute approximate surface area is 206 Å². The molecule has 0 spiro atoms. The second kappa shape index (κ2) is 9.78. The molecule has 8 nitrogen and oxygen atoms in total. The summed E-state index contributed by atoms with van der Waals surface area (Å²) in [4.78, 5) is 25.9. The molecule has 0 saturated heterocycles. The topological polar surface area (TPSA) is 109 Å². The Balaban J connectivity index is 1.90. The summed E-state index contributed by atoms with van der Waals surface area (Å²) < 4.78 is 2.79. The highest BCUT2D eigenvalue weighted by Gasteiger charge is 2.20. The molecule has 176 valence electrons. The van der Waals surface area contributed by atoms with Crippen molar-refractivity contribution in [2.45, 2.75) is 13.8 Å². The third kappa shape index (κ3) is 4.49. The highest BCUT2D eigenvalue weighted by molar-refractivity contribution is 7.71. The Morgan fingerprint density at radius 2 is 1.43 bits per heavy atom. The van der Waals surface area contributed by atoms with E-state index in [0.29, 0.717) is 11.4 Å². The van der Waals surface area contributed by atoms with E-state index < -0.39 is 17.3 Å². The van der Waals surface area contributed by atoms with E-state index in [1.165, 1.54) is 21.3 Å². The average Bonchev–Trinajstić information content (AvgIpc) is 2.84. The molecular formula is C26H22N4O4S. The second-order valence-corrected chi connectivity index (χ2v) is 8.15. The van der Waals surface area contributed by atoms with Gasteiger partial charge in [-0.2, -0.15) is 5.10 Å². The molecule has 0 aliphatic heterocycles. The van der Waals surface area contributed by atoms with Crippen LogP contribution in [0, 0.1) is 18.6 Å². The first-order valence-electron chi connectivity index (χ1n) is 10.7. The number of carbonyl (C=O) groups is 1. The molecule has 1 amide bonds. The van der Waals surface area contributed by atoms with Crippen LogP contribution in [0.15, 0.2) is 82.7 Å². The van der Waals surface area contributed by atoms with E-state index in [1.54, 1.807) is 36.4 Å². The summed E-state index contributed by atoms with van der Waals surface area (Å²) in [6, 6.07) is 20.5. The fraction of sp³-hybridized carbons (Fsp3) is 0.0769. The van der Waals surface area contributed by atoms with Gasteiger partial charge in [-0.15, -0.1) is 0 Å². The number of aromatic hydroxyl groups is 2. The molecule has 1 aromatic heterocycles. The molecule has 3 N–H and O–H groups in total. The molecular weight excluding hydrogens is 464 g/mol. The molecule has 3 aromatic carbocycles. The van der Waals surface area contributed by atoms with Crippen LogP contribution in [0.1, 0.15) is 27.0 Å². The fourth-order valence-electron chi connectivity index (χ4n) is 3.67. The molecule has 0 saturated carbocycles. The number of phenolic OH excluding ortho intramolecular Hbond substituents is 1. The molecule has 0 aliphatic carbocycles. The minimum Gasteiger partial charge on any atom is -0.507 e. The van der Waals surface area contributed by atoms with E-state index in [2.05, 4.69) is 10.5 Å². The summed E-state index contributed by atoms with van der Waals surface area (Å²) >= 11 is 5.67. The van der Waals surface area contributed by atoms with Crippen LogP contribution in [0.4, 0.5) is 0 Å². The second-order valence-electron chi connectivity index (χ2n) is 7.79. The quantitative estimate of drug-likeness (QED) is 0.223. The van der Waals surface area contributed by atoms with Crippen molar-refractivity contribution in [3.63, 3.8) is 0 Å². The van der Waals surface area contributed by atoms with Crippen molar-refractivity contribution < 1.29 is 15.0 Å². The molecule has 0 fully saturated rings. The van der Waals surface area contributed by atoms with Gasteiger partial charge in [0.2, 0.25) is 5.88 Å². The van der Waals surface area contributed by atoms with Gasteiger partial charge in [-0.1, -0.05) is 48.5 Å². The summed E-state index contributed by atoms with van der Waals surface area (Å²) in [5.74, 6) is -1.30. The van der Waals surface area contributed by atoms with Crippen molar-refractivity contribution in [1.82, 2.24) is 14.6 Å². The Morgan fingerprint density at radius 1 is 0.886 bits per heavy atom. The number of hydrogen-bond donors (Lipinski definition) is 3. The number of nitrogens with one attached hydrogen (secondary N) is 1. The minimum atomic E-state index is -0.676. The Hall–Kier alpha value is -4.50. The van der Waals surface area contributed by atoms with Gasteiger partial charge in [-0.25, -0.2) is 5.43 Å². The third-order valence-electron chi connectivity index (χ3n) is 5.49. The zero-order chi connectivity index (χ0) is 25.1. The van der Waals surface area contributed by atoms with Gasteiger partial charge in [-0.3, -0.25) is 18.7 Å². The SMILES string of the molecule is Cc1ccccc1-n1c(O)c(C=NNC(=O)c2ccccc2O)c(=O)n(-c2ccccc2C)c1=S. The number of para-hydroxylation sites is 3. The van der Waals surface area contributed by atoms with Crippen molar-refractivity contribution in [1.29, 1.82) is 0 Å². The summed E-state index contributed by atoms with van der Waals surface area (Å²) in [5, 5.41) is 24.9. The fourth-order valence-corrected chi connectivity index (χ4v) is 4.03. The number of amides is 1. The molecule has 0 atom stereocenters. The zero-order valence-electron chi connectivity index (χ0n) is 19.0. The molecule has 0 unspecified atom stereocenters. The van der Waals surface area contributed by atoms with Crippen molar-refractivity contribution in [2.24, 2.45) is 5.10 Å². The van der Waals surface area contributed by atoms with E-state index in [1.807, 2.05) is 38.1 Å². The monoisotopic (exact) mass is 486 g/mol. The Bertz CT molecular complexity index is 1590. The average molecular weight is 487 g/mol. The largest absolute Gasteiger partial charge is 0.507 e. The number of nitrogens with zero attached hydrogens (tertiary/aromatic N) is 3. The van der Waals surface area contributed by atoms with Crippen LogP contribution < -0.4 is 11.0 Å². The van der Waals surface area contributed by atoms with Crippen LogP contribution in [0.2, 0.25) is 0 Å². The van der Waals surface area contributed by atoms with Crippen molar-refractivity contribution in [3.8, 4) is 23.0 Å². The van der Waals surface area contributed by atoms with Gasteiger partial charge in [-0.05, 0) is 61.5 Å². The lowest BCUT2D eigenvalue weighted by Gasteiger charge is -2.18. The minimum absolute atomic E-state index is 0.0158. The van der Waals surface area contributed by atoms with Crippen LogP contribution in [0.25, 0.3) is 11.4 Å². The van der Waals surface area contributed by atoms with E-state index in [4.69, 9.17) is 12.2 Å². The maximum atomic E-state index is 13.5. The van der Waals surface area contributed by atoms with Gasteiger partial charge < -0.3 is 10.2 Å².